The summed E-state index contributed by atoms with van der Waals surface area (Å²) in [7, 11) is 0. The van der Waals surface area contributed by atoms with E-state index in [0.29, 0.717) is 18.1 Å². The minimum absolute atomic E-state index is 0.146. The van der Waals surface area contributed by atoms with Crippen LogP contribution in [0.25, 0.3) is 10.9 Å². The molecule has 1 amide bonds. The maximum atomic E-state index is 12.8. The van der Waals surface area contributed by atoms with Gasteiger partial charge in [-0.05, 0) is 42.8 Å². The molecule has 32 heavy (non-hydrogen) atoms. The van der Waals surface area contributed by atoms with Crippen molar-refractivity contribution in [3.05, 3.63) is 66.4 Å². The van der Waals surface area contributed by atoms with Gasteiger partial charge >= 0.3 is 0 Å². The van der Waals surface area contributed by atoms with Gasteiger partial charge in [0.15, 0.2) is 11.5 Å². The van der Waals surface area contributed by atoms with E-state index in [0.717, 1.165) is 26.6 Å². The van der Waals surface area contributed by atoms with Crippen LogP contribution >= 0.6 is 22.6 Å². The molecule has 11 heteroatoms. The topological polar surface area (TPSA) is 132 Å². The lowest BCUT2D eigenvalue weighted by Gasteiger charge is -2.10. The Morgan fingerprint density at radius 2 is 2.03 bits per heavy atom. The van der Waals surface area contributed by atoms with Gasteiger partial charge in [0.1, 0.15) is 12.1 Å². The molecule has 4 rings (SSSR count). The van der Waals surface area contributed by atoms with Crippen molar-refractivity contribution in [2.24, 2.45) is 10.3 Å². The Kier molecular flexibility index (Phi) is 6.84. The zero-order valence-corrected chi connectivity index (χ0v) is 19.3. The third-order valence-electron chi connectivity index (χ3n) is 4.44. The number of carbonyl (C=O) groups excluding carboxylic acids is 1. The molecular weight excluding hydrogens is 521 g/mol. The summed E-state index contributed by atoms with van der Waals surface area (Å²) in [6, 6.07) is 13.4. The number of aromatic nitrogens is 4. The monoisotopic (exact) mass is 541 g/mol. The van der Waals surface area contributed by atoms with Crippen LogP contribution in [-0.2, 0) is 0 Å². The molecule has 0 aliphatic carbocycles. The zero-order valence-electron chi connectivity index (χ0n) is 17.1. The van der Waals surface area contributed by atoms with Crippen molar-refractivity contribution in [1.29, 1.82) is 0 Å². The molecule has 0 radical (unpaired) electrons. The summed E-state index contributed by atoms with van der Waals surface area (Å²) < 4.78 is 0.888. The second-order valence-electron chi connectivity index (χ2n) is 6.80. The summed E-state index contributed by atoms with van der Waals surface area (Å²) >= 11 is 2.22. The van der Waals surface area contributed by atoms with Crippen molar-refractivity contribution >= 4 is 62.4 Å². The highest BCUT2D eigenvalue weighted by Crippen LogP contribution is 2.26. The Bertz CT molecular complexity index is 1270. The number of hydrogen-bond acceptors (Lipinski definition) is 7. The van der Waals surface area contributed by atoms with Crippen molar-refractivity contribution in [3.63, 3.8) is 0 Å². The highest BCUT2D eigenvalue weighted by molar-refractivity contribution is 14.1. The molecule has 2 aromatic heterocycles. The summed E-state index contributed by atoms with van der Waals surface area (Å²) in [5.74, 6) is 0.514. The summed E-state index contributed by atoms with van der Waals surface area (Å²) in [6.45, 7) is 2.71. The van der Waals surface area contributed by atoms with Crippen LogP contribution in [0.2, 0.25) is 0 Å². The highest BCUT2D eigenvalue weighted by atomic mass is 127. The van der Waals surface area contributed by atoms with Crippen molar-refractivity contribution in [3.8, 4) is 0 Å². The number of benzene rings is 2. The molecule has 162 valence electrons. The normalized spacial score (nSPS) is 11.1. The molecule has 4 aromatic rings. The smallest absolute Gasteiger partial charge is 0.278 e. The van der Waals surface area contributed by atoms with Gasteiger partial charge in [-0.3, -0.25) is 10.2 Å². The summed E-state index contributed by atoms with van der Waals surface area (Å²) in [6.07, 6.45) is 2.91. The van der Waals surface area contributed by atoms with Gasteiger partial charge in [-0.15, -0.1) is 5.11 Å². The van der Waals surface area contributed by atoms with E-state index in [2.05, 4.69) is 68.9 Å². The molecule has 2 heterocycles. The number of halogens is 1. The second kappa shape index (κ2) is 10.1. The fourth-order valence-electron chi connectivity index (χ4n) is 2.99. The van der Waals surface area contributed by atoms with Crippen molar-refractivity contribution in [2.75, 3.05) is 21.6 Å². The molecule has 10 nitrogen and oxygen atoms in total. The molecule has 0 spiro atoms. The van der Waals surface area contributed by atoms with Crippen LogP contribution in [0, 0.1) is 6.92 Å². The van der Waals surface area contributed by atoms with Crippen LogP contribution in [0.3, 0.4) is 0 Å². The first kappa shape index (κ1) is 21.6. The first-order valence-corrected chi connectivity index (χ1v) is 11.3. The number of hydrogen-bond donors (Lipinski definition) is 4. The molecule has 0 unspecified atom stereocenters. The Morgan fingerprint density at radius 3 is 2.88 bits per heavy atom. The van der Waals surface area contributed by atoms with Gasteiger partial charge in [-0.1, -0.05) is 39.9 Å². The number of alkyl halides is 1. The molecule has 4 N–H and O–H groups in total. The maximum Gasteiger partial charge on any atom is 0.278 e. The van der Waals surface area contributed by atoms with Gasteiger partial charge in [0, 0.05) is 27.7 Å². The Morgan fingerprint density at radius 1 is 1.12 bits per heavy atom. The third-order valence-corrected chi connectivity index (χ3v) is 4.97. The molecule has 0 aliphatic rings. The number of H-pyrrole nitrogens is 1. The summed E-state index contributed by atoms with van der Waals surface area (Å²) in [4.78, 5) is 28.3. The molecule has 0 atom stereocenters. The average molecular weight is 541 g/mol. The van der Waals surface area contributed by atoms with Gasteiger partial charge in [0.2, 0.25) is 0 Å². The van der Waals surface area contributed by atoms with E-state index >= 15 is 0 Å². The van der Waals surface area contributed by atoms with Gasteiger partial charge < -0.3 is 15.6 Å². The average Bonchev–Trinajstić information content (AvgIpc) is 3.26. The number of rotatable bonds is 8. The highest BCUT2D eigenvalue weighted by Gasteiger charge is 2.16. The lowest BCUT2D eigenvalue weighted by molar-refractivity contribution is 0.102. The van der Waals surface area contributed by atoms with Gasteiger partial charge in [0.05, 0.1) is 11.8 Å². The van der Waals surface area contributed by atoms with Crippen molar-refractivity contribution in [1.82, 2.24) is 25.4 Å². The van der Waals surface area contributed by atoms with E-state index in [9.17, 15) is 4.79 Å². The largest absolute Gasteiger partial charge is 0.340 e. The number of aromatic amines is 1. The van der Waals surface area contributed by atoms with E-state index < -0.39 is 5.91 Å². The molecule has 0 aliphatic heterocycles. The van der Waals surface area contributed by atoms with E-state index in [1.54, 1.807) is 6.07 Å². The molecular formula is C21H20IN9O. The van der Waals surface area contributed by atoms with Crippen LogP contribution in [0.5, 0.6) is 0 Å². The number of nitrogens with zero attached hydrogens (tertiary/aromatic N) is 5. The molecule has 0 saturated heterocycles. The number of anilines is 3. The summed E-state index contributed by atoms with van der Waals surface area (Å²) in [5, 5.41) is 14.8. The van der Waals surface area contributed by atoms with Crippen LogP contribution < -0.4 is 16.1 Å². The number of imidazole rings is 1. The Balaban J connectivity index is 1.56. The quantitative estimate of drug-likeness (QED) is 0.0842. The van der Waals surface area contributed by atoms with Crippen molar-refractivity contribution in [2.45, 2.75) is 6.92 Å². The Labute approximate surface area is 197 Å². The predicted octanol–water partition coefficient (Wildman–Crippen LogP) is 4.68. The zero-order chi connectivity index (χ0) is 22.3. The number of aryl methyl sites for hydroxylation is 1. The SMILES string of the molecule is Cc1cccc(Nc2ncnc3ccc(NC(=O)c4nc[nH]c4/N=N\NCCI)cc23)c1. The first-order chi connectivity index (χ1) is 15.6. The minimum Gasteiger partial charge on any atom is -0.340 e. The fraction of sp³-hybridized carbons (Fsp3) is 0.143. The standard InChI is InChI=1S/C21H20IN9O/c1-13-3-2-4-14(9-13)28-19-16-10-15(5-6-17(16)23-11-25-19)29-21(32)18-20(26-12-24-18)30-31-27-8-7-22/h2-6,9-12H,7-8H2,1H3,(H,24,26)(H,27,30)(H,29,32)(H,23,25,28). The van der Waals surface area contributed by atoms with E-state index in [4.69, 9.17) is 0 Å². The molecule has 0 bridgehead atoms. The van der Waals surface area contributed by atoms with Gasteiger partial charge in [-0.25, -0.2) is 15.0 Å². The van der Waals surface area contributed by atoms with Gasteiger partial charge in [-0.2, -0.15) is 0 Å². The second-order valence-corrected chi connectivity index (χ2v) is 7.88. The minimum atomic E-state index is -0.404. The van der Waals surface area contributed by atoms with E-state index in [1.165, 1.54) is 12.7 Å². The van der Waals surface area contributed by atoms with E-state index in [1.807, 2.05) is 43.3 Å². The summed E-state index contributed by atoms with van der Waals surface area (Å²) in [5.41, 5.74) is 6.33. The first-order valence-electron chi connectivity index (χ1n) is 9.77. The molecule has 0 fully saturated rings. The van der Waals surface area contributed by atoms with Crippen LogP contribution in [0.4, 0.5) is 23.0 Å². The third kappa shape index (κ3) is 5.17. The maximum absolute atomic E-state index is 12.8. The van der Waals surface area contributed by atoms with Crippen LogP contribution in [0.15, 0.2) is 65.5 Å². The van der Waals surface area contributed by atoms with Gasteiger partial charge in [0.25, 0.3) is 5.91 Å². The van der Waals surface area contributed by atoms with E-state index in [-0.39, 0.29) is 11.5 Å². The van der Waals surface area contributed by atoms with Crippen LogP contribution in [0.1, 0.15) is 16.1 Å². The lowest BCUT2D eigenvalue weighted by atomic mass is 10.2. The predicted molar refractivity (Wildman–Crippen MR) is 132 cm³/mol. The number of carbonyl (C=O) groups is 1. The Hall–Kier alpha value is -3.61. The number of amides is 1. The molecule has 2 aromatic carbocycles. The molecule has 0 saturated carbocycles. The van der Waals surface area contributed by atoms with Crippen LogP contribution in [-0.4, -0.2) is 36.8 Å². The number of fused-ring (bicyclic) bond motifs is 1. The van der Waals surface area contributed by atoms with Crippen molar-refractivity contribution < 1.29 is 4.79 Å². The fourth-order valence-corrected chi connectivity index (χ4v) is 3.23. The number of nitrogens with one attached hydrogen (secondary N) is 4. The lowest BCUT2D eigenvalue weighted by Crippen LogP contribution is -2.13.